The van der Waals surface area contributed by atoms with Crippen LogP contribution >= 0.6 is 15.9 Å². The zero-order valence-corrected chi connectivity index (χ0v) is 12.7. The first kappa shape index (κ1) is 16.1. The number of hydrogen-bond acceptors (Lipinski definition) is 4. The number of aliphatic hydroxyl groups excluding tert-OH is 1. The number of nitro benzene ring substituents is 1. The van der Waals surface area contributed by atoms with Crippen LogP contribution in [0.25, 0.3) is 0 Å². The van der Waals surface area contributed by atoms with E-state index in [4.69, 9.17) is 0 Å². The van der Waals surface area contributed by atoms with Crippen molar-refractivity contribution in [1.82, 2.24) is 5.32 Å². The van der Waals surface area contributed by atoms with Gasteiger partial charge in [-0.25, -0.2) is 0 Å². The molecular formula is C13H19BrN2O3. The van der Waals surface area contributed by atoms with Crippen molar-refractivity contribution in [3.05, 3.63) is 38.3 Å². The molecule has 2 N–H and O–H groups in total. The number of nitro groups is 1. The van der Waals surface area contributed by atoms with Gasteiger partial charge in [0.25, 0.3) is 5.69 Å². The molecule has 1 rings (SSSR count). The van der Waals surface area contributed by atoms with Crippen molar-refractivity contribution in [2.75, 3.05) is 6.61 Å². The highest BCUT2D eigenvalue weighted by Crippen LogP contribution is 2.23. The minimum atomic E-state index is -0.419. The van der Waals surface area contributed by atoms with Gasteiger partial charge in [0.2, 0.25) is 0 Å². The number of non-ortho nitro benzene ring substituents is 1. The summed E-state index contributed by atoms with van der Waals surface area (Å²) in [5.41, 5.74) is 1.00. The molecule has 1 aromatic rings. The van der Waals surface area contributed by atoms with E-state index < -0.39 is 4.92 Å². The molecule has 0 saturated carbocycles. The molecule has 0 saturated heterocycles. The second-order valence-corrected chi connectivity index (χ2v) is 5.78. The Morgan fingerprint density at radius 2 is 2.16 bits per heavy atom. The summed E-state index contributed by atoms with van der Waals surface area (Å²) < 4.78 is 0.704. The van der Waals surface area contributed by atoms with Crippen LogP contribution in [0.5, 0.6) is 0 Å². The minimum Gasteiger partial charge on any atom is -0.395 e. The van der Waals surface area contributed by atoms with Crippen LogP contribution in [0.2, 0.25) is 0 Å². The fourth-order valence-electron chi connectivity index (χ4n) is 1.84. The molecule has 0 fully saturated rings. The van der Waals surface area contributed by atoms with E-state index in [0.717, 1.165) is 12.0 Å². The molecule has 5 nitrogen and oxygen atoms in total. The number of benzene rings is 1. The Morgan fingerprint density at radius 1 is 1.47 bits per heavy atom. The lowest BCUT2D eigenvalue weighted by atomic mass is 10.0. The normalized spacial score (nSPS) is 12.7. The van der Waals surface area contributed by atoms with Crippen molar-refractivity contribution in [3.8, 4) is 0 Å². The lowest BCUT2D eigenvalue weighted by Gasteiger charge is -2.18. The summed E-state index contributed by atoms with van der Waals surface area (Å²) in [5, 5.41) is 23.2. The zero-order valence-electron chi connectivity index (χ0n) is 11.1. The molecule has 1 aromatic carbocycles. The fourth-order valence-corrected chi connectivity index (χ4v) is 2.35. The molecule has 0 heterocycles. The third-order valence-corrected chi connectivity index (χ3v) is 3.54. The van der Waals surface area contributed by atoms with Crippen LogP contribution in [0.4, 0.5) is 5.69 Å². The van der Waals surface area contributed by atoms with Gasteiger partial charge in [-0.15, -0.1) is 0 Å². The Labute approximate surface area is 121 Å². The number of nitrogens with one attached hydrogen (secondary N) is 1. The summed E-state index contributed by atoms with van der Waals surface area (Å²) in [4.78, 5) is 10.2. The molecule has 106 valence electrons. The summed E-state index contributed by atoms with van der Waals surface area (Å²) in [6.07, 6.45) is 0.890. The lowest BCUT2D eigenvalue weighted by Crippen LogP contribution is -2.33. The number of rotatable bonds is 7. The van der Waals surface area contributed by atoms with Gasteiger partial charge in [-0.2, -0.15) is 0 Å². The molecule has 0 radical (unpaired) electrons. The molecule has 0 amide bonds. The third kappa shape index (κ3) is 5.26. The van der Waals surface area contributed by atoms with E-state index in [1.54, 1.807) is 6.07 Å². The highest BCUT2D eigenvalue weighted by atomic mass is 79.9. The predicted octanol–water partition coefficient (Wildman–Crippen LogP) is 2.85. The van der Waals surface area contributed by atoms with Gasteiger partial charge in [-0.1, -0.05) is 29.8 Å². The minimum absolute atomic E-state index is 0.0436. The van der Waals surface area contributed by atoms with Crippen LogP contribution in [-0.4, -0.2) is 22.7 Å². The Morgan fingerprint density at radius 3 is 2.63 bits per heavy atom. The van der Waals surface area contributed by atoms with Crippen LogP contribution < -0.4 is 5.32 Å². The number of nitrogens with zero attached hydrogens (tertiary/aromatic N) is 1. The van der Waals surface area contributed by atoms with Crippen LogP contribution in [0.15, 0.2) is 22.7 Å². The van der Waals surface area contributed by atoms with E-state index in [2.05, 4.69) is 35.1 Å². The fraction of sp³-hybridized carbons (Fsp3) is 0.538. The second-order valence-electron chi connectivity index (χ2n) is 4.92. The quantitative estimate of drug-likeness (QED) is 0.595. The van der Waals surface area contributed by atoms with E-state index in [-0.39, 0.29) is 18.3 Å². The van der Waals surface area contributed by atoms with Crippen molar-refractivity contribution in [2.24, 2.45) is 5.92 Å². The molecule has 6 heteroatoms. The SMILES string of the molecule is CC(C)CC(CO)NCc1ccc([N+](=O)[O-])cc1Br. The first-order valence-electron chi connectivity index (χ1n) is 6.21. The van der Waals surface area contributed by atoms with Gasteiger partial charge in [0, 0.05) is 29.2 Å². The number of hydrogen-bond donors (Lipinski definition) is 2. The molecule has 0 bridgehead atoms. The Kier molecular flexibility index (Phi) is 6.41. The second kappa shape index (κ2) is 7.57. The molecule has 0 aliphatic heterocycles. The topological polar surface area (TPSA) is 75.4 Å². The first-order valence-corrected chi connectivity index (χ1v) is 7.00. The molecule has 19 heavy (non-hydrogen) atoms. The van der Waals surface area contributed by atoms with Gasteiger partial charge >= 0.3 is 0 Å². The van der Waals surface area contributed by atoms with Gasteiger partial charge in [-0.3, -0.25) is 10.1 Å². The molecule has 0 aromatic heterocycles. The number of aliphatic hydroxyl groups is 1. The summed E-state index contributed by atoms with van der Waals surface area (Å²) in [6, 6.07) is 4.74. The van der Waals surface area contributed by atoms with Gasteiger partial charge in [0.1, 0.15) is 0 Å². The monoisotopic (exact) mass is 330 g/mol. The van der Waals surface area contributed by atoms with Gasteiger partial charge in [-0.05, 0) is 24.0 Å². The van der Waals surface area contributed by atoms with Crippen LogP contribution in [0.3, 0.4) is 0 Å². The van der Waals surface area contributed by atoms with Crippen LogP contribution in [0, 0.1) is 16.0 Å². The average molecular weight is 331 g/mol. The summed E-state index contributed by atoms with van der Waals surface area (Å²) in [6.45, 7) is 4.86. The number of halogens is 1. The lowest BCUT2D eigenvalue weighted by molar-refractivity contribution is -0.384. The Balaban J connectivity index is 2.64. The standard InChI is InChI=1S/C13H19BrN2O3/c1-9(2)5-11(8-17)15-7-10-3-4-12(16(18)19)6-13(10)14/h3-4,6,9,11,15,17H,5,7-8H2,1-2H3. The van der Waals surface area contributed by atoms with Gasteiger partial charge < -0.3 is 10.4 Å². The van der Waals surface area contributed by atoms with E-state index in [9.17, 15) is 15.2 Å². The van der Waals surface area contributed by atoms with Crippen LogP contribution in [0.1, 0.15) is 25.8 Å². The average Bonchev–Trinajstić information content (AvgIpc) is 2.34. The first-order chi connectivity index (χ1) is 8.93. The molecular weight excluding hydrogens is 312 g/mol. The maximum absolute atomic E-state index is 10.6. The largest absolute Gasteiger partial charge is 0.395 e. The maximum Gasteiger partial charge on any atom is 0.270 e. The molecule has 1 atom stereocenters. The van der Waals surface area contributed by atoms with Gasteiger partial charge in [0.15, 0.2) is 0 Å². The van der Waals surface area contributed by atoms with E-state index in [1.807, 2.05) is 0 Å². The van der Waals surface area contributed by atoms with E-state index in [1.165, 1.54) is 12.1 Å². The van der Waals surface area contributed by atoms with Gasteiger partial charge in [0.05, 0.1) is 11.5 Å². The van der Waals surface area contributed by atoms with Crippen molar-refractivity contribution in [3.63, 3.8) is 0 Å². The molecule has 0 aliphatic rings. The van der Waals surface area contributed by atoms with Crippen molar-refractivity contribution >= 4 is 21.6 Å². The Bertz CT molecular complexity index is 438. The molecule has 1 unspecified atom stereocenters. The summed E-state index contributed by atoms with van der Waals surface area (Å²) >= 11 is 3.33. The maximum atomic E-state index is 10.6. The molecule has 0 spiro atoms. The van der Waals surface area contributed by atoms with E-state index in [0.29, 0.717) is 16.9 Å². The van der Waals surface area contributed by atoms with E-state index >= 15 is 0 Å². The predicted molar refractivity (Wildman–Crippen MR) is 78.0 cm³/mol. The zero-order chi connectivity index (χ0) is 14.4. The van der Waals surface area contributed by atoms with Crippen molar-refractivity contribution < 1.29 is 10.0 Å². The van der Waals surface area contributed by atoms with Crippen molar-refractivity contribution in [2.45, 2.75) is 32.9 Å². The highest BCUT2D eigenvalue weighted by Gasteiger charge is 2.12. The smallest absolute Gasteiger partial charge is 0.270 e. The molecule has 0 aliphatic carbocycles. The third-order valence-electron chi connectivity index (χ3n) is 2.80. The highest BCUT2D eigenvalue weighted by molar-refractivity contribution is 9.10. The summed E-state index contributed by atoms with van der Waals surface area (Å²) in [5.74, 6) is 0.505. The van der Waals surface area contributed by atoms with Crippen molar-refractivity contribution in [1.29, 1.82) is 0 Å². The Hall–Kier alpha value is -0.980. The van der Waals surface area contributed by atoms with Crippen LogP contribution in [-0.2, 0) is 6.54 Å². The summed E-state index contributed by atoms with van der Waals surface area (Å²) in [7, 11) is 0.